The van der Waals surface area contributed by atoms with E-state index in [4.69, 9.17) is 9.15 Å². The average Bonchev–Trinajstić information content (AvgIpc) is 3.36. The summed E-state index contributed by atoms with van der Waals surface area (Å²) in [5.41, 5.74) is 4.36. The molecule has 3 aromatic rings. The van der Waals surface area contributed by atoms with E-state index in [1.54, 1.807) is 49.4 Å². The Hall–Kier alpha value is -3.58. The molecule has 33 heavy (non-hydrogen) atoms. The number of ether oxygens (including phenoxy) is 1. The second-order valence-corrected chi connectivity index (χ2v) is 8.69. The first kappa shape index (κ1) is 22.6. The molecule has 0 N–H and O–H groups in total. The van der Waals surface area contributed by atoms with Crippen LogP contribution in [0.2, 0.25) is 0 Å². The second kappa shape index (κ2) is 9.50. The molecule has 7 heteroatoms. The fourth-order valence-corrected chi connectivity index (χ4v) is 4.35. The number of hydrogen-bond acceptors (Lipinski definition) is 6. The molecule has 0 radical (unpaired) electrons. The number of rotatable bonds is 6. The lowest BCUT2D eigenvalue weighted by Gasteiger charge is -2.14. The van der Waals surface area contributed by atoms with Crippen LogP contribution in [0.3, 0.4) is 0 Å². The number of esters is 1. The number of hydrogen-bond donors (Lipinski definition) is 0. The van der Waals surface area contributed by atoms with Crippen molar-refractivity contribution in [1.29, 1.82) is 0 Å². The summed E-state index contributed by atoms with van der Waals surface area (Å²) in [6.07, 6.45) is 1.59. The monoisotopic (exact) mass is 461 g/mol. The minimum Gasteiger partial charge on any atom is -0.462 e. The van der Waals surface area contributed by atoms with E-state index < -0.39 is 0 Å². The number of furan rings is 1. The van der Waals surface area contributed by atoms with Crippen LogP contribution in [-0.2, 0) is 16.1 Å². The summed E-state index contributed by atoms with van der Waals surface area (Å²) in [5.74, 6) is 0.352. The molecule has 4 rings (SSSR count). The number of imide groups is 1. The smallest absolute Gasteiger partial charge is 0.338 e. The maximum absolute atomic E-state index is 12.9. The number of carbonyl (C=O) groups is 3. The third-order valence-corrected chi connectivity index (χ3v) is 6.19. The van der Waals surface area contributed by atoms with Crippen molar-refractivity contribution in [2.24, 2.45) is 0 Å². The van der Waals surface area contributed by atoms with Crippen LogP contribution in [0.15, 0.2) is 63.9 Å². The highest BCUT2D eigenvalue weighted by molar-refractivity contribution is 8.18. The fourth-order valence-electron chi connectivity index (χ4n) is 3.53. The van der Waals surface area contributed by atoms with E-state index in [0.29, 0.717) is 28.6 Å². The number of aryl methyl sites for hydroxylation is 2. The minimum absolute atomic E-state index is 0.240. The van der Waals surface area contributed by atoms with Crippen molar-refractivity contribution in [2.45, 2.75) is 27.3 Å². The highest BCUT2D eigenvalue weighted by atomic mass is 32.2. The van der Waals surface area contributed by atoms with Crippen molar-refractivity contribution in [3.05, 3.63) is 87.5 Å². The second-order valence-electron chi connectivity index (χ2n) is 7.70. The molecule has 1 aliphatic rings. The fraction of sp³-hybridized carbons (Fsp3) is 0.192. The van der Waals surface area contributed by atoms with E-state index in [0.717, 1.165) is 34.0 Å². The number of thioether (sulfide) groups is 1. The molecule has 1 aromatic heterocycles. The lowest BCUT2D eigenvalue weighted by molar-refractivity contribution is -0.123. The van der Waals surface area contributed by atoms with Crippen molar-refractivity contribution >= 4 is 35.0 Å². The van der Waals surface area contributed by atoms with E-state index >= 15 is 0 Å². The zero-order chi connectivity index (χ0) is 23.5. The van der Waals surface area contributed by atoms with Gasteiger partial charge in [0.2, 0.25) is 0 Å². The molecule has 0 unspecified atom stereocenters. The topological polar surface area (TPSA) is 76.8 Å². The van der Waals surface area contributed by atoms with Gasteiger partial charge in [-0.15, -0.1) is 0 Å². The SMILES string of the molecule is CCOC(=O)c1ccc(-c2ccc(C=C3SC(=O)N(Cc4ccc(C)cc4C)C3=O)o2)cc1. The quantitative estimate of drug-likeness (QED) is 0.332. The summed E-state index contributed by atoms with van der Waals surface area (Å²) in [4.78, 5) is 38.7. The van der Waals surface area contributed by atoms with E-state index in [-0.39, 0.29) is 23.7 Å². The lowest BCUT2D eigenvalue weighted by Crippen LogP contribution is -2.27. The largest absolute Gasteiger partial charge is 0.462 e. The Morgan fingerprint density at radius 3 is 2.52 bits per heavy atom. The number of nitrogens with zero attached hydrogens (tertiary/aromatic N) is 1. The molecule has 0 aliphatic carbocycles. The Morgan fingerprint density at radius 2 is 1.82 bits per heavy atom. The molecule has 0 saturated carbocycles. The first-order valence-electron chi connectivity index (χ1n) is 10.5. The Labute approximate surface area is 196 Å². The van der Waals surface area contributed by atoms with Crippen LogP contribution in [0.4, 0.5) is 4.79 Å². The zero-order valence-electron chi connectivity index (χ0n) is 18.6. The Bertz CT molecular complexity index is 1260. The summed E-state index contributed by atoms with van der Waals surface area (Å²) in [7, 11) is 0. The van der Waals surface area contributed by atoms with Gasteiger partial charge >= 0.3 is 5.97 Å². The first-order chi connectivity index (χ1) is 15.9. The van der Waals surface area contributed by atoms with Crippen LogP contribution >= 0.6 is 11.8 Å². The molecule has 168 valence electrons. The van der Waals surface area contributed by atoms with Crippen LogP contribution in [0.1, 0.15) is 39.7 Å². The summed E-state index contributed by atoms with van der Waals surface area (Å²) in [6, 6.07) is 16.4. The van der Waals surface area contributed by atoms with Gasteiger partial charge in [-0.05, 0) is 67.9 Å². The predicted octanol–water partition coefficient (Wildman–Crippen LogP) is 5.98. The summed E-state index contributed by atoms with van der Waals surface area (Å²) >= 11 is 0.907. The van der Waals surface area contributed by atoms with Crippen LogP contribution in [0.25, 0.3) is 17.4 Å². The normalized spacial score (nSPS) is 14.9. The number of carbonyl (C=O) groups excluding carboxylic acids is 3. The van der Waals surface area contributed by atoms with E-state index in [1.807, 2.05) is 32.0 Å². The van der Waals surface area contributed by atoms with E-state index in [9.17, 15) is 14.4 Å². The molecule has 1 fully saturated rings. The van der Waals surface area contributed by atoms with Gasteiger partial charge in [0.15, 0.2) is 0 Å². The van der Waals surface area contributed by atoms with Gasteiger partial charge < -0.3 is 9.15 Å². The van der Waals surface area contributed by atoms with Gasteiger partial charge in [0, 0.05) is 11.6 Å². The molecule has 2 heterocycles. The van der Waals surface area contributed by atoms with Crippen molar-refractivity contribution in [3.63, 3.8) is 0 Å². The van der Waals surface area contributed by atoms with E-state index in [1.165, 1.54) is 4.90 Å². The minimum atomic E-state index is -0.374. The third-order valence-electron chi connectivity index (χ3n) is 5.28. The molecular formula is C26H23NO5S. The first-order valence-corrected chi connectivity index (χ1v) is 11.4. The van der Waals surface area contributed by atoms with Crippen molar-refractivity contribution < 1.29 is 23.5 Å². The molecular weight excluding hydrogens is 438 g/mol. The highest BCUT2D eigenvalue weighted by Crippen LogP contribution is 2.34. The van der Waals surface area contributed by atoms with Crippen LogP contribution in [0, 0.1) is 13.8 Å². The molecule has 2 amide bonds. The molecule has 0 atom stereocenters. The van der Waals surface area contributed by atoms with Gasteiger partial charge in [-0.1, -0.05) is 35.9 Å². The molecule has 6 nitrogen and oxygen atoms in total. The van der Waals surface area contributed by atoms with Gasteiger partial charge in [-0.2, -0.15) is 0 Å². The summed E-state index contributed by atoms with van der Waals surface area (Å²) in [6.45, 7) is 6.30. The molecule has 0 spiro atoms. The van der Waals surface area contributed by atoms with Crippen molar-refractivity contribution in [3.8, 4) is 11.3 Å². The van der Waals surface area contributed by atoms with Gasteiger partial charge in [0.1, 0.15) is 11.5 Å². The predicted molar refractivity (Wildman–Crippen MR) is 128 cm³/mol. The van der Waals surface area contributed by atoms with Crippen LogP contribution < -0.4 is 0 Å². The Morgan fingerprint density at radius 1 is 1.06 bits per heavy atom. The average molecular weight is 462 g/mol. The van der Waals surface area contributed by atoms with Gasteiger partial charge in [0.25, 0.3) is 11.1 Å². The molecule has 2 aromatic carbocycles. The molecule has 1 saturated heterocycles. The maximum atomic E-state index is 12.9. The molecule has 1 aliphatic heterocycles. The van der Waals surface area contributed by atoms with Crippen LogP contribution in [0.5, 0.6) is 0 Å². The van der Waals surface area contributed by atoms with Gasteiger partial charge in [-0.3, -0.25) is 14.5 Å². The standard InChI is InChI=1S/C26H23NO5S/c1-4-31-25(29)19-9-7-18(8-10-19)22-12-11-21(32-22)14-23-24(28)27(26(30)33-23)15-20-6-5-16(2)13-17(20)3/h5-14H,4,15H2,1-3H3. The van der Waals surface area contributed by atoms with Crippen molar-refractivity contribution in [1.82, 2.24) is 4.90 Å². The Kier molecular flexibility index (Phi) is 6.51. The van der Waals surface area contributed by atoms with Gasteiger partial charge in [-0.25, -0.2) is 4.79 Å². The highest BCUT2D eigenvalue weighted by Gasteiger charge is 2.35. The maximum Gasteiger partial charge on any atom is 0.338 e. The van der Waals surface area contributed by atoms with E-state index in [2.05, 4.69) is 0 Å². The zero-order valence-corrected chi connectivity index (χ0v) is 19.4. The summed E-state index contributed by atoms with van der Waals surface area (Å²) < 4.78 is 10.9. The number of amides is 2. The van der Waals surface area contributed by atoms with Gasteiger partial charge in [0.05, 0.1) is 23.6 Å². The molecule has 0 bridgehead atoms. The number of benzene rings is 2. The lowest BCUT2D eigenvalue weighted by atomic mass is 10.1. The Balaban J connectivity index is 1.49. The van der Waals surface area contributed by atoms with Crippen molar-refractivity contribution in [2.75, 3.05) is 6.61 Å². The van der Waals surface area contributed by atoms with Crippen LogP contribution in [-0.4, -0.2) is 28.6 Å². The third kappa shape index (κ3) is 4.93. The summed E-state index contributed by atoms with van der Waals surface area (Å²) in [5, 5.41) is -0.299.